The first-order valence-corrected chi connectivity index (χ1v) is 11.5. The maximum absolute atomic E-state index is 12.7. The lowest BCUT2D eigenvalue weighted by Gasteiger charge is -2.26. The predicted molar refractivity (Wildman–Crippen MR) is 113 cm³/mol. The molecular weight excluding hydrogens is 388 g/mol. The number of nitrogens with zero attached hydrogens (tertiary/aromatic N) is 1. The van der Waals surface area contributed by atoms with Crippen molar-refractivity contribution >= 4 is 15.9 Å². The van der Waals surface area contributed by atoms with E-state index < -0.39 is 10.0 Å². The molecule has 0 atom stereocenters. The quantitative estimate of drug-likeness (QED) is 0.717. The van der Waals surface area contributed by atoms with Crippen molar-refractivity contribution in [1.29, 1.82) is 0 Å². The fourth-order valence-corrected chi connectivity index (χ4v) is 4.84. The Bertz CT molecular complexity index is 920. The molecule has 7 heteroatoms. The van der Waals surface area contributed by atoms with Crippen molar-refractivity contribution in [2.24, 2.45) is 0 Å². The lowest BCUT2D eigenvalue weighted by molar-refractivity contribution is -0.121. The van der Waals surface area contributed by atoms with Crippen molar-refractivity contribution in [3.8, 4) is 0 Å². The van der Waals surface area contributed by atoms with E-state index in [4.69, 9.17) is 4.74 Å². The molecule has 1 fully saturated rings. The summed E-state index contributed by atoms with van der Waals surface area (Å²) in [7, 11) is -3.41. The van der Waals surface area contributed by atoms with Gasteiger partial charge in [0.15, 0.2) is 0 Å². The summed E-state index contributed by atoms with van der Waals surface area (Å²) in [5.41, 5.74) is 3.87. The number of aryl methyl sites for hydroxylation is 2. The van der Waals surface area contributed by atoms with Crippen molar-refractivity contribution in [3.05, 3.63) is 70.8 Å². The van der Waals surface area contributed by atoms with Crippen LogP contribution in [0.5, 0.6) is 0 Å². The van der Waals surface area contributed by atoms with E-state index in [2.05, 4.69) is 5.32 Å². The monoisotopic (exact) mass is 416 g/mol. The Kier molecular flexibility index (Phi) is 7.41. The van der Waals surface area contributed by atoms with Gasteiger partial charge in [-0.25, -0.2) is 8.42 Å². The van der Waals surface area contributed by atoms with Crippen LogP contribution in [0.15, 0.2) is 48.5 Å². The summed E-state index contributed by atoms with van der Waals surface area (Å²) < 4.78 is 32.1. The molecular formula is C22H28N2O4S. The van der Waals surface area contributed by atoms with Gasteiger partial charge < -0.3 is 10.1 Å². The highest BCUT2D eigenvalue weighted by atomic mass is 32.2. The molecule has 2 aromatic carbocycles. The minimum Gasteiger partial charge on any atom is -0.379 e. The Morgan fingerprint density at radius 2 is 1.69 bits per heavy atom. The highest BCUT2D eigenvalue weighted by Crippen LogP contribution is 2.17. The molecule has 0 unspecified atom stereocenters. The normalized spacial score (nSPS) is 15.2. The first-order valence-electron chi connectivity index (χ1n) is 9.88. The average molecular weight is 417 g/mol. The lowest BCUT2D eigenvalue weighted by atomic mass is 10.1. The maximum Gasteiger partial charge on any atom is 0.220 e. The van der Waals surface area contributed by atoms with Crippen molar-refractivity contribution in [1.82, 2.24) is 9.62 Å². The lowest BCUT2D eigenvalue weighted by Crippen LogP contribution is -2.41. The molecule has 0 spiro atoms. The zero-order valence-corrected chi connectivity index (χ0v) is 17.6. The van der Waals surface area contributed by atoms with Gasteiger partial charge in [0.25, 0.3) is 0 Å². The topological polar surface area (TPSA) is 75.7 Å². The first kappa shape index (κ1) is 21.5. The Balaban J connectivity index is 1.55. The van der Waals surface area contributed by atoms with Crippen LogP contribution in [0.4, 0.5) is 0 Å². The first-order chi connectivity index (χ1) is 13.9. The van der Waals surface area contributed by atoms with Crippen LogP contribution in [0.2, 0.25) is 0 Å². The number of carbonyl (C=O) groups is 1. The molecule has 1 saturated heterocycles. The third-order valence-electron chi connectivity index (χ3n) is 5.06. The zero-order valence-electron chi connectivity index (χ0n) is 16.8. The smallest absolute Gasteiger partial charge is 0.220 e. The van der Waals surface area contributed by atoms with E-state index in [9.17, 15) is 13.2 Å². The number of amides is 1. The van der Waals surface area contributed by atoms with Crippen LogP contribution in [-0.4, -0.2) is 44.9 Å². The molecule has 1 heterocycles. The van der Waals surface area contributed by atoms with Gasteiger partial charge in [-0.1, -0.05) is 54.1 Å². The van der Waals surface area contributed by atoms with Crippen LogP contribution in [0, 0.1) is 6.92 Å². The molecule has 156 valence electrons. The Labute approximate surface area is 172 Å². The maximum atomic E-state index is 12.7. The van der Waals surface area contributed by atoms with Gasteiger partial charge in [0.1, 0.15) is 0 Å². The number of hydrogen-bond donors (Lipinski definition) is 1. The van der Waals surface area contributed by atoms with Crippen molar-refractivity contribution in [3.63, 3.8) is 0 Å². The molecule has 0 saturated carbocycles. The molecule has 2 aromatic rings. The molecule has 0 bridgehead atoms. The van der Waals surface area contributed by atoms with Crippen LogP contribution in [-0.2, 0) is 38.3 Å². The van der Waals surface area contributed by atoms with E-state index in [1.54, 1.807) is 0 Å². The SMILES string of the molecule is Cc1ccc(CCC(=O)NCc2ccccc2CS(=O)(=O)N2CCOCC2)cc1. The molecule has 29 heavy (non-hydrogen) atoms. The molecule has 3 rings (SSSR count). The van der Waals surface area contributed by atoms with Crippen LogP contribution in [0.1, 0.15) is 28.7 Å². The van der Waals surface area contributed by atoms with Crippen LogP contribution >= 0.6 is 0 Å². The number of rotatable bonds is 8. The third-order valence-corrected chi connectivity index (χ3v) is 6.88. The molecule has 1 aliphatic rings. The minimum absolute atomic E-state index is 0.0450. The van der Waals surface area contributed by atoms with Crippen molar-refractivity contribution in [2.45, 2.75) is 32.1 Å². The minimum atomic E-state index is -3.41. The third kappa shape index (κ3) is 6.39. The summed E-state index contributed by atoms with van der Waals surface area (Å²) in [4.78, 5) is 12.2. The van der Waals surface area contributed by atoms with E-state index in [0.717, 1.165) is 16.7 Å². The van der Waals surface area contributed by atoms with Crippen LogP contribution < -0.4 is 5.32 Å². The van der Waals surface area contributed by atoms with E-state index in [0.29, 0.717) is 45.7 Å². The molecule has 0 aromatic heterocycles. The van der Waals surface area contributed by atoms with Gasteiger partial charge in [-0.15, -0.1) is 0 Å². The second-order valence-corrected chi connectivity index (χ2v) is 9.27. The highest BCUT2D eigenvalue weighted by molar-refractivity contribution is 7.88. The molecule has 0 radical (unpaired) electrons. The summed E-state index contributed by atoms with van der Waals surface area (Å²) >= 11 is 0. The Hall–Kier alpha value is -2.22. The van der Waals surface area contributed by atoms with Gasteiger partial charge in [0.05, 0.1) is 19.0 Å². The van der Waals surface area contributed by atoms with E-state index in [1.165, 1.54) is 9.87 Å². The van der Waals surface area contributed by atoms with E-state index in [1.807, 2.05) is 55.5 Å². The molecule has 1 aliphatic heterocycles. The van der Waals surface area contributed by atoms with Gasteiger partial charge in [-0.2, -0.15) is 4.31 Å². The average Bonchev–Trinajstić information content (AvgIpc) is 2.73. The zero-order chi connectivity index (χ0) is 20.7. The number of carbonyl (C=O) groups excluding carboxylic acids is 1. The standard InChI is InChI=1S/C22H28N2O4S/c1-18-6-8-19(9-7-18)10-11-22(25)23-16-20-4-2-3-5-21(20)17-29(26,27)24-12-14-28-15-13-24/h2-9H,10-17H2,1H3,(H,23,25). The number of hydrogen-bond acceptors (Lipinski definition) is 4. The number of ether oxygens (including phenoxy) is 1. The number of morpholine rings is 1. The highest BCUT2D eigenvalue weighted by Gasteiger charge is 2.25. The van der Waals surface area contributed by atoms with Gasteiger partial charge in [0, 0.05) is 26.1 Å². The fourth-order valence-electron chi connectivity index (χ4n) is 3.28. The van der Waals surface area contributed by atoms with E-state index in [-0.39, 0.29) is 11.7 Å². The molecule has 1 amide bonds. The summed E-state index contributed by atoms with van der Waals surface area (Å²) in [6.45, 7) is 3.99. The number of benzene rings is 2. The summed E-state index contributed by atoms with van der Waals surface area (Å²) in [6.07, 6.45) is 1.08. The summed E-state index contributed by atoms with van der Waals surface area (Å²) in [5.74, 6) is -0.112. The second kappa shape index (κ2) is 10.0. The van der Waals surface area contributed by atoms with Gasteiger partial charge in [-0.3, -0.25) is 4.79 Å². The van der Waals surface area contributed by atoms with Crippen molar-refractivity contribution in [2.75, 3.05) is 26.3 Å². The van der Waals surface area contributed by atoms with Crippen molar-refractivity contribution < 1.29 is 17.9 Å². The largest absolute Gasteiger partial charge is 0.379 e. The van der Waals surface area contributed by atoms with Gasteiger partial charge >= 0.3 is 0 Å². The van der Waals surface area contributed by atoms with Gasteiger partial charge in [-0.05, 0) is 30.0 Å². The number of sulfonamides is 1. The predicted octanol–water partition coefficient (Wildman–Crippen LogP) is 2.41. The second-order valence-electron chi connectivity index (χ2n) is 7.30. The molecule has 6 nitrogen and oxygen atoms in total. The van der Waals surface area contributed by atoms with Crippen LogP contribution in [0.3, 0.4) is 0 Å². The van der Waals surface area contributed by atoms with Gasteiger partial charge in [0.2, 0.25) is 15.9 Å². The summed E-state index contributed by atoms with van der Waals surface area (Å²) in [5, 5.41) is 2.92. The number of nitrogens with one attached hydrogen (secondary N) is 1. The Morgan fingerprint density at radius 3 is 2.38 bits per heavy atom. The fraction of sp³-hybridized carbons (Fsp3) is 0.409. The van der Waals surface area contributed by atoms with E-state index >= 15 is 0 Å². The Morgan fingerprint density at radius 1 is 1.03 bits per heavy atom. The molecule has 0 aliphatic carbocycles. The van der Waals surface area contributed by atoms with Crippen LogP contribution in [0.25, 0.3) is 0 Å². The molecule has 1 N–H and O–H groups in total. The summed E-state index contributed by atoms with van der Waals surface area (Å²) in [6, 6.07) is 15.5.